The van der Waals surface area contributed by atoms with Gasteiger partial charge in [-0.1, -0.05) is 6.07 Å². The highest BCUT2D eigenvalue weighted by Crippen LogP contribution is 2.31. The molecule has 0 unspecified atom stereocenters. The van der Waals surface area contributed by atoms with Gasteiger partial charge in [0.1, 0.15) is 5.75 Å². The first-order valence-electron chi connectivity index (χ1n) is 6.68. The summed E-state index contributed by atoms with van der Waals surface area (Å²) >= 11 is 1.69. The number of nitrogen functional groups attached to an aromatic ring is 1. The molecule has 2 rings (SSSR count). The summed E-state index contributed by atoms with van der Waals surface area (Å²) in [4.78, 5) is 12.6. The lowest BCUT2D eigenvalue weighted by molar-refractivity contribution is 0.101. The number of ketones is 1. The summed E-state index contributed by atoms with van der Waals surface area (Å²) in [6, 6.07) is 11.4. The number of Topliss-reactive ketones (excluding diaryl/α,β-unsaturated/α-hetero) is 1. The van der Waals surface area contributed by atoms with Gasteiger partial charge in [0.2, 0.25) is 0 Å². The molecule has 0 radical (unpaired) electrons. The number of rotatable bonds is 5. The number of carbonyl (C=O) groups excluding carboxylic acids is 1. The molecule has 0 aliphatic rings. The van der Waals surface area contributed by atoms with E-state index in [0.717, 1.165) is 27.6 Å². The van der Waals surface area contributed by atoms with Gasteiger partial charge in [0.25, 0.3) is 0 Å². The molecule has 0 spiro atoms. The topological polar surface area (TPSA) is 52.3 Å². The van der Waals surface area contributed by atoms with Crippen LogP contribution in [0.1, 0.15) is 28.4 Å². The summed E-state index contributed by atoms with van der Waals surface area (Å²) in [5.41, 5.74) is 9.50. The molecule has 110 valence electrons. The summed E-state index contributed by atoms with van der Waals surface area (Å²) in [5, 5.41) is 0. The zero-order valence-corrected chi connectivity index (χ0v) is 13.3. The van der Waals surface area contributed by atoms with Crippen molar-refractivity contribution in [2.24, 2.45) is 0 Å². The Hall–Kier alpha value is -1.94. The molecule has 0 bridgehead atoms. The van der Waals surface area contributed by atoms with Gasteiger partial charge in [0.05, 0.1) is 7.11 Å². The van der Waals surface area contributed by atoms with Gasteiger partial charge in [-0.15, -0.1) is 11.8 Å². The highest BCUT2D eigenvalue weighted by atomic mass is 32.2. The van der Waals surface area contributed by atoms with Gasteiger partial charge in [-0.3, -0.25) is 4.79 Å². The first kappa shape index (κ1) is 15.4. The Balaban J connectivity index is 2.24. The summed E-state index contributed by atoms with van der Waals surface area (Å²) in [6.07, 6.45) is 0. The zero-order chi connectivity index (χ0) is 15.4. The molecule has 0 saturated carbocycles. The van der Waals surface area contributed by atoms with E-state index in [0.29, 0.717) is 5.56 Å². The van der Waals surface area contributed by atoms with Crippen LogP contribution in [0.25, 0.3) is 0 Å². The molecule has 0 atom stereocenters. The second-order valence-corrected chi connectivity index (χ2v) is 5.91. The van der Waals surface area contributed by atoms with Crippen molar-refractivity contribution in [2.75, 3.05) is 12.8 Å². The van der Waals surface area contributed by atoms with E-state index >= 15 is 0 Å². The lowest BCUT2D eigenvalue weighted by Gasteiger charge is -2.11. The zero-order valence-electron chi connectivity index (χ0n) is 12.5. The van der Waals surface area contributed by atoms with Crippen LogP contribution in [-0.4, -0.2) is 12.9 Å². The van der Waals surface area contributed by atoms with E-state index in [1.165, 1.54) is 5.56 Å². The monoisotopic (exact) mass is 301 g/mol. The average molecular weight is 301 g/mol. The molecule has 0 amide bonds. The third-order valence-corrected chi connectivity index (χ3v) is 4.49. The third-order valence-electron chi connectivity index (χ3n) is 3.28. The molecule has 0 aliphatic heterocycles. The number of ether oxygens (including phenoxy) is 1. The normalized spacial score (nSPS) is 10.4. The van der Waals surface area contributed by atoms with E-state index in [9.17, 15) is 4.79 Å². The molecule has 2 aromatic rings. The van der Waals surface area contributed by atoms with Gasteiger partial charge in [-0.2, -0.15) is 0 Å². The molecular weight excluding hydrogens is 282 g/mol. The van der Waals surface area contributed by atoms with Crippen molar-refractivity contribution in [2.45, 2.75) is 24.5 Å². The van der Waals surface area contributed by atoms with Crippen molar-refractivity contribution in [3.05, 3.63) is 53.1 Å². The van der Waals surface area contributed by atoms with Crippen LogP contribution in [0.4, 0.5) is 5.69 Å². The fraction of sp³-hybridized carbons (Fsp3) is 0.235. The van der Waals surface area contributed by atoms with E-state index in [1.54, 1.807) is 31.9 Å². The second kappa shape index (κ2) is 6.68. The smallest absolute Gasteiger partial charge is 0.159 e. The molecule has 2 N–H and O–H groups in total. The van der Waals surface area contributed by atoms with Crippen LogP contribution in [0, 0.1) is 6.92 Å². The molecule has 0 aliphatic carbocycles. The predicted octanol–water partition coefficient (Wildman–Crippen LogP) is 4.08. The van der Waals surface area contributed by atoms with Crippen LogP contribution < -0.4 is 10.5 Å². The number of aryl methyl sites for hydroxylation is 1. The molecule has 0 heterocycles. The Bertz CT molecular complexity index is 668. The predicted molar refractivity (Wildman–Crippen MR) is 88.2 cm³/mol. The van der Waals surface area contributed by atoms with Crippen molar-refractivity contribution in [3.8, 4) is 5.75 Å². The molecule has 2 aromatic carbocycles. The molecule has 0 fully saturated rings. The minimum Gasteiger partial charge on any atom is -0.496 e. The largest absolute Gasteiger partial charge is 0.496 e. The number of thioether (sulfide) groups is 1. The summed E-state index contributed by atoms with van der Waals surface area (Å²) in [5.74, 6) is 1.59. The van der Waals surface area contributed by atoms with Crippen molar-refractivity contribution in [1.82, 2.24) is 0 Å². The quantitative estimate of drug-likeness (QED) is 0.513. The number of methoxy groups -OCH3 is 1. The second-order valence-electron chi connectivity index (χ2n) is 4.90. The fourth-order valence-electron chi connectivity index (χ4n) is 2.04. The maximum Gasteiger partial charge on any atom is 0.159 e. The van der Waals surface area contributed by atoms with E-state index in [4.69, 9.17) is 10.5 Å². The minimum atomic E-state index is 0.0593. The van der Waals surface area contributed by atoms with Crippen molar-refractivity contribution in [3.63, 3.8) is 0 Å². The highest BCUT2D eigenvalue weighted by Gasteiger charge is 2.09. The Kier molecular flexibility index (Phi) is 4.91. The minimum absolute atomic E-state index is 0.0593. The van der Waals surface area contributed by atoms with E-state index < -0.39 is 0 Å². The molecule has 0 saturated heterocycles. The lowest BCUT2D eigenvalue weighted by Crippen LogP contribution is -1.97. The summed E-state index contributed by atoms with van der Waals surface area (Å²) in [7, 11) is 1.64. The van der Waals surface area contributed by atoms with Gasteiger partial charge in [-0.25, -0.2) is 0 Å². The number of anilines is 1. The van der Waals surface area contributed by atoms with Crippen LogP contribution >= 0.6 is 11.8 Å². The number of nitrogens with two attached hydrogens (primary N) is 1. The van der Waals surface area contributed by atoms with Gasteiger partial charge in [0.15, 0.2) is 5.78 Å². The number of carbonyl (C=O) groups is 1. The third kappa shape index (κ3) is 3.79. The van der Waals surface area contributed by atoms with Crippen molar-refractivity contribution >= 4 is 23.2 Å². The van der Waals surface area contributed by atoms with Gasteiger partial charge >= 0.3 is 0 Å². The fourth-order valence-corrected chi connectivity index (χ4v) is 3.09. The number of benzene rings is 2. The Morgan fingerprint density at radius 1 is 1.24 bits per heavy atom. The number of hydrogen-bond acceptors (Lipinski definition) is 4. The first-order valence-corrected chi connectivity index (χ1v) is 7.66. The molecule has 3 nitrogen and oxygen atoms in total. The first-order chi connectivity index (χ1) is 10.0. The van der Waals surface area contributed by atoms with Crippen LogP contribution in [0.15, 0.2) is 41.3 Å². The SMILES string of the molecule is COc1ccc(C(C)=O)cc1CSc1cc(N)ccc1C. The van der Waals surface area contributed by atoms with E-state index in [2.05, 4.69) is 6.92 Å². The summed E-state index contributed by atoms with van der Waals surface area (Å²) < 4.78 is 5.37. The maximum absolute atomic E-state index is 11.5. The Morgan fingerprint density at radius 3 is 2.67 bits per heavy atom. The standard InChI is InChI=1S/C17H19NO2S/c1-11-4-6-15(18)9-17(11)21-10-14-8-13(12(2)19)5-7-16(14)20-3/h4-9H,10,18H2,1-3H3. The van der Waals surface area contributed by atoms with Gasteiger partial charge in [0, 0.05) is 27.5 Å². The van der Waals surface area contributed by atoms with Crippen LogP contribution in [0.3, 0.4) is 0 Å². The van der Waals surface area contributed by atoms with Gasteiger partial charge in [-0.05, 0) is 49.7 Å². The van der Waals surface area contributed by atoms with E-state index in [-0.39, 0.29) is 5.78 Å². The molecule has 21 heavy (non-hydrogen) atoms. The van der Waals surface area contributed by atoms with E-state index in [1.807, 2.05) is 30.3 Å². The maximum atomic E-state index is 11.5. The molecule has 0 aromatic heterocycles. The Labute approximate surface area is 129 Å². The Morgan fingerprint density at radius 2 is 2.00 bits per heavy atom. The molecule has 4 heteroatoms. The number of hydrogen-bond donors (Lipinski definition) is 1. The van der Waals surface area contributed by atoms with Crippen molar-refractivity contribution in [1.29, 1.82) is 0 Å². The van der Waals surface area contributed by atoms with Gasteiger partial charge < -0.3 is 10.5 Å². The highest BCUT2D eigenvalue weighted by molar-refractivity contribution is 7.98. The average Bonchev–Trinajstić information content (AvgIpc) is 2.47. The lowest BCUT2D eigenvalue weighted by atomic mass is 10.1. The molecular formula is C17H19NO2S. The van der Waals surface area contributed by atoms with Crippen LogP contribution in [0.2, 0.25) is 0 Å². The van der Waals surface area contributed by atoms with Crippen LogP contribution in [-0.2, 0) is 5.75 Å². The van der Waals surface area contributed by atoms with Crippen molar-refractivity contribution < 1.29 is 9.53 Å². The van der Waals surface area contributed by atoms with Crippen LogP contribution in [0.5, 0.6) is 5.75 Å². The summed E-state index contributed by atoms with van der Waals surface area (Å²) in [6.45, 7) is 3.63.